The van der Waals surface area contributed by atoms with Crippen LogP contribution in [0.5, 0.6) is 0 Å². The predicted molar refractivity (Wildman–Crippen MR) is 34.7 cm³/mol. The maximum atomic E-state index is 5.14. The monoisotopic (exact) mass is 113 g/mol. The molecule has 0 spiro atoms. The number of nitrogens with one attached hydrogen (secondary N) is 1. The summed E-state index contributed by atoms with van der Waals surface area (Å²) in [4.78, 5) is 0. The van der Waals surface area contributed by atoms with E-state index in [-0.39, 0.29) is 0 Å². The third kappa shape index (κ3) is 1.23. The van der Waals surface area contributed by atoms with Crippen molar-refractivity contribution in [3.8, 4) is 0 Å². The first-order valence-corrected chi connectivity index (χ1v) is 3.19. The average Bonchev–Trinajstić information content (AvgIpc) is 1.77. The van der Waals surface area contributed by atoms with Gasteiger partial charge in [-0.2, -0.15) is 0 Å². The topological polar surface area (TPSA) is 21.3 Å². The van der Waals surface area contributed by atoms with Gasteiger partial charge < -0.3 is 4.76 Å². The molecule has 0 aliphatic carbocycles. The maximum Gasteiger partial charge on any atom is 0.321 e. The zero-order valence-corrected chi connectivity index (χ0v) is 5.48. The molecule has 1 fully saturated rings. The number of hydrogen-bond donors (Lipinski definition) is 1. The Morgan fingerprint density at radius 1 is 1.75 bits per heavy atom. The van der Waals surface area contributed by atoms with Crippen LogP contribution in [0.4, 0.5) is 0 Å². The van der Waals surface area contributed by atoms with Crippen molar-refractivity contribution in [3.63, 3.8) is 0 Å². The summed E-state index contributed by atoms with van der Waals surface area (Å²) in [5.41, 5.74) is 2.86. The van der Waals surface area contributed by atoms with E-state index in [0.29, 0.717) is 6.92 Å². The third-order valence-electron chi connectivity index (χ3n) is 1.77. The Bertz CT molecular complexity index is 68.8. The van der Waals surface area contributed by atoms with Gasteiger partial charge in [0.05, 0.1) is 0 Å². The van der Waals surface area contributed by atoms with E-state index in [9.17, 15) is 0 Å². The van der Waals surface area contributed by atoms with E-state index in [2.05, 4.69) is 19.2 Å². The van der Waals surface area contributed by atoms with Crippen LogP contribution in [-0.4, -0.2) is 13.5 Å². The highest BCUT2D eigenvalue weighted by Gasteiger charge is 2.21. The molecule has 1 atom stereocenters. The SMILES string of the molecule is CB1ONCCC1C. The predicted octanol–water partition coefficient (Wildman–Crippen LogP) is 0.923. The Morgan fingerprint density at radius 2 is 2.50 bits per heavy atom. The van der Waals surface area contributed by atoms with Gasteiger partial charge in [-0.1, -0.05) is 13.7 Å². The lowest BCUT2D eigenvalue weighted by molar-refractivity contribution is 0.169. The van der Waals surface area contributed by atoms with E-state index in [1.165, 1.54) is 6.42 Å². The van der Waals surface area contributed by atoms with E-state index in [0.717, 1.165) is 12.4 Å². The van der Waals surface area contributed by atoms with Crippen LogP contribution < -0.4 is 5.48 Å². The van der Waals surface area contributed by atoms with Gasteiger partial charge >= 0.3 is 6.92 Å². The lowest BCUT2D eigenvalue weighted by Crippen LogP contribution is -2.35. The minimum atomic E-state index is 0.392. The molecular weight excluding hydrogens is 101 g/mol. The molecule has 2 nitrogen and oxygen atoms in total. The van der Waals surface area contributed by atoms with Gasteiger partial charge in [0.1, 0.15) is 0 Å². The molecule has 0 amide bonds. The van der Waals surface area contributed by atoms with Crippen LogP contribution in [-0.2, 0) is 4.76 Å². The molecule has 1 heterocycles. The summed E-state index contributed by atoms with van der Waals surface area (Å²) in [6.07, 6.45) is 1.24. The molecule has 1 N–H and O–H groups in total. The van der Waals surface area contributed by atoms with Gasteiger partial charge in [-0.15, -0.1) is 0 Å². The van der Waals surface area contributed by atoms with Crippen LogP contribution in [0.1, 0.15) is 13.3 Å². The summed E-state index contributed by atoms with van der Waals surface area (Å²) < 4.78 is 5.14. The highest BCUT2D eigenvalue weighted by Crippen LogP contribution is 2.16. The van der Waals surface area contributed by atoms with Crippen molar-refractivity contribution in [2.75, 3.05) is 6.54 Å². The largest absolute Gasteiger partial charge is 0.363 e. The molecule has 0 radical (unpaired) electrons. The Kier molecular flexibility index (Phi) is 1.92. The molecule has 0 saturated carbocycles. The van der Waals surface area contributed by atoms with Gasteiger partial charge in [-0.25, -0.2) is 5.48 Å². The van der Waals surface area contributed by atoms with Crippen LogP contribution >= 0.6 is 0 Å². The standard InChI is InChI=1S/C5H12BNO/c1-5-3-4-7-8-6(5)2/h5,7H,3-4H2,1-2H3. The normalized spacial score (nSPS) is 30.8. The second-order valence-electron chi connectivity index (χ2n) is 2.48. The smallest absolute Gasteiger partial charge is 0.321 e. The maximum absolute atomic E-state index is 5.14. The molecule has 0 bridgehead atoms. The Hall–Kier alpha value is -0.0151. The van der Waals surface area contributed by atoms with Crippen molar-refractivity contribution < 1.29 is 4.76 Å². The first-order valence-electron chi connectivity index (χ1n) is 3.19. The van der Waals surface area contributed by atoms with Crippen LogP contribution in [0.3, 0.4) is 0 Å². The summed E-state index contributed by atoms with van der Waals surface area (Å²) in [5.74, 6) is 0.719. The second kappa shape index (κ2) is 2.51. The Balaban J connectivity index is 2.28. The quantitative estimate of drug-likeness (QED) is 0.471. The zero-order chi connectivity index (χ0) is 5.98. The molecule has 1 aliphatic rings. The minimum absolute atomic E-state index is 0.392. The van der Waals surface area contributed by atoms with Crippen LogP contribution in [0.15, 0.2) is 0 Å². The van der Waals surface area contributed by atoms with E-state index in [1.807, 2.05) is 0 Å². The molecule has 46 valence electrons. The third-order valence-corrected chi connectivity index (χ3v) is 1.77. The average molecular weight is 113 g/mol. The summed E-state index contributed by atoms with van der Waals surface area (Å²) in [6.45, 7) is 5.71. The van der Waals surface area contributed by atoms with E-state index < -0.39 is 0 Å². The summed E-state index contributed by atoms with van der Waals surface area (Å²) in [6, 6.07) is 0. The van der Waals surface area contributed by atoms with Gasteiger partial charge in [0.2, 0.25) is 0 Å². The fraction of sp³-hybridized carbons (Fsp3) is 1.00. The molecule has 0 aromatic heterocycles. The summed E-state index contributed by atoms with van der Waals surface area (Å²) in [5, 5.41) is 0. The fourth-order valence-corrected chi connectivity index (χ4v) is 0.828. The lowest BCUT2D eigenvalue weighted by Gasteiger charge is -2.22. The van der Waals surface area contributed by atoms with Crippen molar-refractivity contribution >= 4 is 6.92 Å². The van der Waals surface area contributed by atoms with Gasteiger partial charge in [0, 0.05) is 6.54 Å². The number of rotatable bonds is 0. The second-order valence-corrected chi connectivity index (χ2v) is 2.48. The van der Waals surface area contributed by atoms with Crippen molar-refractivity contribution in [3.05, 3.63) is 0 Å². The minimum Gasteiger partial charge on any atom is -0.363 e. The Labute approximate surface area is 50.7 Å². The molecule has 1 saturated heterocycles. The zero-order valence-electron chi connectivity index (χ0n) is 5.48. The lowest BCUT2D eigenvalue weighted by atomic mass is 9.57. The summed E-state index contributed by atoms with van der Waals surface area (Å²) >= 11 is 0. The van der Waals surface area contributed by atoms with Crippen LogP contribution in [0.25, 0.3) is 0 Å². The van der Waals surface area contributed by atoms with Gasteiger partial charge in [0.25, 0.3) is 0 Å². The summed E-state index contributed by atoms with van der Waals surface area (Å²) in [7, 11) is 0. The molecule has 8 heavy (non-hydrogen) atoms. The van der Waals surface area contributed by atoms with Crippen LogP contribution in [0.2, 0.25) is 12.6 Å². The van der Waals surface area contributed by atoms with E-state index in [1.54, 1.807) is 0 Å². The molecule has 0 aromatic carbocycles. The van der Waals surface area contributed by atoms with Crippen molar-refractivity contribution in [2.24, 2.45) is 0 Å². The van der Waals surface area contributed by atoms with E-state index in [4.69, 9.17) is 4.76 Å². The Morgan fingerprint density at radius 3 is 2.88 bits per heavy atom. The molecule has 1 unspecified atom stereocenters. The highest BCUT2D eigenvalue weighted by molar-refractivity contribution is 6.51. The number of hydrogen-bond acceptors (Lipinski definition) is 2. The number of hydroxylamine groups is 1. The van der Waals surface area contributed by atoms with Crippen LogP contribution in [0, 0.1) is 0 Å². The van der Waals surface area contributed by atoms with Crippen molar-refractivity contribution in [1.29, 1.82) is 0 Å². The van der Waals surface area contributed by atoms with Gasteiger partial charge in [-0.3, -0.25) is 0 Å². The van der Waals surface area contributed by atoms with E-state index >= 15 is 0 Å². The van der Waals surface area contributed by atoms with Crippen molar-refractivity contribution in [2.45, 2.75) is 26.0 Å². The fourth-order valence-electron chi connectivity index (χ4n) is 0.828. The molecule has 1 aliphatic heterocycles. The molecule has 1 rings (SSSR count). The van der Waals surface area contributed by atoms with Gasteiger partial charge in [0.15, 0.2) is 0 Å². The highest BCUT2D eigenvalue weighted by atomic mass is 16.6. The molecule has 3 heteroatoms. The molecule has 0 aromatic rings. The van der Waals surface area contributed by atoms with Crippen molar-refractivity contribution in [1.82, 2.24) is 5.48 Å². The first kappa shape index (κ1) is 6.11. The first-order chi connectivity index (χ1) is 3.80. The molecular formula is C5H12BNO. The van der Waals surface area contributed by atoms with Gasteiger partial charge in [-0.05, 0) is 12.2 Å².